The molecule has 0 aliphatic rings. The van der Waals surface area contributed by atoms with Gasteiger partial charge in [-0.3, -0.25) is 14.9 Å². The van der Waals surface area contributed by atoms with Crippen molar-refractivity contribution < 1.29 is 9.72 Å². The molecule has 0 spiro atoms. The summed E-state index contributed by atoms with van der Waals surface area (Å²) in [6, 6.07) is -0.683. The standard InChI is InChI=1S/C6H11NO3/c1-3-6(7(9)10)4-5(2)8/h6H,3-4H2,1-2H3. The van der Waals surface area contributed by atoms with E-state index in [0.29, 0.717) is 6.42 Å². The lowest BCUT2D eigenvalue weighted by molar-refractivity contribution is -0.521. The average Bonchev–Trinajstić information content (AvgIpc) is 1.81. The molecule has 0 heterocycles. The Bertz CT molecular complexity index is 144. The number of ketones is 1. The Morgan fingerprint density at radius 1 is 1.70 bits per heavy atom. The lowest BCUT2D eigenvalue weighted by Crippen LogP contribution is -2.20. The molecule has 1 atom stereocenters. The molecule has 0 saturated heterocycles. The number of carbonyl (C=O) groups is 1. The van der Waals surface area contributed by atoms with E-state index >= 15 is 0 Å². The molecular weight excluding hydrogens is 134 g/mol. The first kappa shape index (κ1) is 9.07. The molecule has 0 saturated carbocycles. The molecule has 0 aliphatic heterocycles. The van der Waals surface area contributed by atoms with Crippen molar-refractivity contribution in [1.29, 1.82) is 0 Å². The molecule has 0 N–H and O–H groups in total. The molecule has 10 heavy (non-hydrogen) atoms. The van der Waals surface area contributed by atoms with Crippen molar-refractivity contribution in [3.63, 3.8) is 0 Å². The zero-order valence-corrected chi connectivity index (χ0v) is 6.16. The van der Waals surface area contributed by atoms with Crippen LogP contribution in [0.2, 0.25) is 0 Å². The van der Waals surface area contributed by atoms with Crippen LogP contribution in [0.15, 0.2) is 0 Å². The smallest absolute Gasteiger partial charge is 0.219 e. The summed E-state index contributed by atoms with van der Waals surface area (Å²) < 4.78 is 0. The van der Waals surface area contributed by atoms with Gasteiger partial charge in [0, 0.05) is 11.3 Å². The SMILES string of the molecule is CCC(CC(C)=O)[N+](=O)[O-]. The van der Waals surface area contributed by atoms with Crippen molar-refractivity contribution in [2.45, 2.75) is 32.7 Å². The van der Waals surface area contributed by atoms with Crippen molar-refractivity contribution in [2.75, 3.05) is 0 Å². The fraction of sp³-hybridized carbons (Fsp3) is 0.833. The Kier molecular flexibility index (Phi) is 3.61. The number of Topliss-reactive ketones (excluding diaryl/α,β-unsaturated/α-hetero) is 1. The molecule has 0 radical (unpaired) electrons. The summed E-state index contributed by atoms with van der Waals surface area (Å²) in [4.78, 5) is 20.1. The fourth-order valence-corrected chi connectivity index (χ4v) is 0.700. The lowest BCUT2D eigenvalue weighted by atomic mass is 10.1. The highest BCUT2D eigenvalue weighted by molar-refractivity contribution is 5.75. The average molecular weight is 145 g/mol. The van der Waals surface area contributed by atoms with Crippen LogP contribution < -0.4 is 0 Å². The normalized spacial score (nSPS) is 12.6. The Balaban J connectivity index is 3.83. The Morgan fingerprint density at radius 2 is 2.20 bits per heavy atom. The van der Waals surface area contributed by atoms with E-state index in [-0.39, 0.29) is 12.2 Å². The number of hydrogen-bond acceptors (Lipinski definition) is 3. The Labute approximate surface area is 59.4 Å². The zero-order chi connectivity index (χ0) is 8.15. The monoisotopic (exact) mass is 145 g/mol. The summed E-state index contributed by atoms with van der Waals surface area (Å²) in [6.45, 7) is 3.07. The lowest BCUT2D eigenvalue weighted by Gasteiger charge is -2.02. The number of nitro groups is 1. The Morgan fingerprint density at radius 3 is 2.30 bits per heavy atom. The number of hydrogen-bond donors (Lipinski definition) is 0. The van der Waals surface area contributed by atoms with Crippen LogP contribution in [0.1, 0.15) is 26.7 Å². The summed E-state index contributed by atoms with van der Waals surface area (Å²) in [7, 11) is 0. The molecule has 4 heteroatoms. The van der Waals surface area contributed by atoms with Crippen molar-refractivity contribution in [2.24, 2.45) is 0 Å². The van der Waals surface area contributed by atoms with E-state index in [1.54, 1.807) is 6.92 Å². The third-order valence-electron chi connectivity index (χ3n) is 1.29. The first-order valence-electron chi connectivity index (χ1n) is 3.20. The topological polar surface area (TPSA) is 60.2 Å². The molecule has 4 nitrogen and oxygen atoms in total. The summed E-state index contributed by atoms with van der Waals surface area (Å²) in [5.74, 6) is -0.122. The van der Waals surface area contributed by atoms with E-state index in [1.807, 2.05) is 0 Å². The van der Waals surface area contributed by atoms with Crippen molar-refractivity contribution in [3.05, 3.63) is 10.1 Å². The van der Waals surface area contributed by atoms with Crippen LogP contribution in [0.25, 0.3) is 0 Å². The van der Waals surface area contributed by atoms with Crippen molar-refractivity contribution in [3.8, 4) is 0 Å². The van der Waals surface area contributed by atoms with E-state index in [4.69, 9.17) is 0 Å². The largest absolute Gasteiger partial charge is 0.300 e. The molecule has 58 valence electrons. The minimum absolute atomic E-state index is 0.0590. The van der Waals surface area contributed by atoms with Crippen molar-refractivity contribution >= 4 is 5.78 Å². The quantitative estimate of drug-likeness (QED) is 0.438. The van der Waals surface area contributed by atoms with E-state index < -0.39 is 11.0 Å². The molecule has 0 bridgehead atoms. The molecule has 0 rings (SSSR count). The van der Waals surface area contributed by atoms with Gasteiger partial charge in [-0.15, -0.1) is 0 Å². The van der Waals surface area contributed by atoms with Gasteiger partial charge in [-0.1, -0.05) is 6.92 Å². The fourth-order valence-electron chi connectivity index (χ4n) is 0.700. The third-order valence-corrected chi connectivity index (χ3v) is 1.29. The van der Waals surface area contributed by atoms with E-state index in [0.717, 1.165) is 0 Å². The predicted molar refractivity (Wildman–Crippen MR) is 36.4 cm³/mol. The maximum Gasteiger partial charge on any atom is 0.219 e. The number of carbonyl (C=O) groups excluding carboxylic acids is 1. The van der Waals surface area contributed by atoms with E-state index in [1.165, 1.54) is 6.92 Å². The van der Waals surface area contributed by atoms with E-state index in [2.05, 4.69) is 0 Å². The van der Waals surface area contributed by atoms with Crippen LogP contribution in [-0.4, -0.2) is 16.7 Å². The second-order valence-electron chi connectivity index (χ2n) is 2.25. The van der Waals surface area contributed by atoms with Crippen LogP contribution in [0.5, 0.6) is 0 Å². The second-order valence-corrected chi connectivity index (χ2v) is 2.25. The highest BCUT2D eigenvalue weighted by atomic mass is 16.6. The van der Waals surface area contributed by atoms with Gasteiger partial charge >= 0.3 is 0 Å². The molecule has 0 aliphatic carbocycles. The number of nitrogens with zero attached hydrogens (tertiary/aromatic N) is 1. The summed E-state index contributed by atoms with van der Waals surface area (Å²) in [6.07, 6.45) is 0.482. The van der Waals surface area contributed by atoms with Gasteiger partial charge in [-0.2, -0.15) is 0 Å². The van der Waals surface area contributed by atoms with Gasteiger partial charge in [0.05, 0.1) is 6.42 Å². The van der Waals surface area contributed by atoms with Crippen LogP contribution in [0.3, 0.4) is 0 Å². The predicted octanol–water partition coefficient (Wildman–Crippen LogP) is 1.02. The minimum atomic E-state index is -0.683. The zero-order valence-electron chi connectivity index (χ0n) is 6.16. The van der Waals surface area contributed by atoms with Gasteiger partial charge in [-0.05, 0) is 6.92 Å². The first-order valence-corrected chi connectivity index (χ1v) is 3.20. The highest BCUT2D eigenvalue weighted by Crippen LogP contribution is 2.01. The summed E-state index contributed by atoms with van der Waals surface area (Å²) >= 11 is 0. The van der Waals surface area contributed by atoms with Crippen LogP contribution in [-0.2, 0) is 4.79 Å². The molecule has 0 aromatic heterocycles. The molecule has 0 aromatic carbocycles. The van der Waals surface area contributed by atoms with Crippen LogP contribution in [0, 0.1) is 10.1 Å². The van der Waals surface area contributed by atoms with Gasteiger partial charge in [0.15, 0.2) is 0 Å². The summed E-state index contributed by atoms with van der Waals surface area (Å²) in [5.41, 5.74) is 0. The Hall–Kier alpha value is -0.930. The summed E-state index contributed by atoms with van der Waals surface area (Å²) in [5, 5.41) is 10.1. The first-order chi connectivity index (χ1) is 4.57. The molecular formula is C6H11NO3. The van der Waals surface area contributed by atoms with Gasteiger partial charge in [0.2, 0.25) is 6.04 Å². The van der Waals surface area contributed by atoms with Gasteiger partial charge in [0.25, 0.3) is 0 Å². The molecule has 0 amide bonds. The maximum atomic E-state index is 10.4. The maximum absolute atomic E-state index is 10.4. The minimum Gasteiger partial charge on any atom is -0.300 e. The van der Waals surface area contributed by atoms with Crippen LogP contribution in [0.4, 0.5) is 0 Å². The molecule has 0 aromatic rings. The van der Waals surface area contributed by atoms with E-state index in [9.17, 15) is 14.9 Å². The van der Waals surface area contributed by atoms with Gasteiger partial charge < -0.3 is 0 Å². The molecule has 1 unspecified atom stereocenters. The second kappa shape index (κ2) is 3.98. The van der Waals surface area contributed by atoms with Crippen molar-refractivity contribution in [1.82, 2.24) is 0 Å². The van der Waals surface area contributed by atoms with Crippen LogP contribution >= 0.6 is 0 Å². The number of rotatable bonds is 4. The molecule has 0 fully saturated rings. The van der Waals surface area contributed by atoms with Gasteiger partial charge in [-0.25, -0.2) is 0 Å². The van der Waals surface area contributed by atoms with Gasteiger partial charge in [0.1, 0.15) is 5.78 Å². The third kappa shape index (κ3) is 3.17. The highest BCUT2D eigenvalue weighted by Gasteiger charge is 2.18.